The Bertz CT molecular complexity index is 792. The van der Waals surface area contributed by atoms with Crippen LogP contribution in [-0.2, 0) is 11.3 Å². The molecule has 2 amide bonds. The summed E-state index contributed by atoms with van der Waals surface area (Å²) in [5.41, 5.74) is 3.45. The quantitative estimate of drug-likeness (QED) is 0.885. The zero-order valence-corrected chi connectivity index (χ0v) is 13.4. The molecule has 1 saturated heterocycles. The molecule has 2 heterocycles. The summed E-state index contributed by atoms with van der Waals surface area (Å²) < 4.78 is 5.23. The molecular formula is C17H21N3O3. The molecule has 23 heavy (non-hydrogen) atoms. The minimum absolute atomic E-state index is 0.159. The highest BCUT2D eigenvalue weighted by Crippen LogP contribution is 2.18. The molecule has 6 heteroatoms. The van der Waals surface area contributed by atoms with Crippen LogP contribution in [0.3, 0.4) is 0 Å². The van der Waals surface area contributed by atoms with E-state index in [0.29, 0.717) is 31.9 Å². The predicted octanol–water partition coefficient (Wildman–Crippen LogP) is 1.69. The number of aromatic nitrogens is 1. The van der Waals surface area contributed by atoms with Crippen molar-refractivity contribution in [1.82, 2.24) is 15.2 Å². The monoisotopic (exact) mass is 315 g/mol. The first-order valence-electron chi connectivity index (χ1n) is 7.78. The first-order valence-corrected chi connectivity index (χ1v) is 7.78. The van der Waals surface area contributed by atoms with E-state index >= 15 is 0 Å². The number of H-pyrrole nitrogens is 1. The number of carbonyl (C=O) groups excluding carboxylic acids is 1. The molecule has 1 aliphatic rings. The summed E-state index contributed by atoms with van der Waals surface area (Å²) in [5, 5.41) is 3.82. The van der Waals surface area contributed by atoms with Gasteiger partial charge in [0.25, 0.3) is 5.56 Å². The molecule has 3 rings (SSSR count). The van der Waals surface area contributed by atoms with Gasteiger partial charge in [-0.3, -0.25) is 4.79 Å². The number of aryl methyl sites for hydroxylation is 2. The standard InChI is InChI=1S/C17H21N3O3/c1-11-7-12(2)14-9-13(16(21)19-15(14)8-11)10-18-17(22)20-3-5-23-6-4-20/h7-9H,3-6,10H2,1-2H3,(H,18,22)(H,19,21). The number of pyridine rings is 1. The molecule has 0 aliphatic carbocycles. The lowest BCUT2D eigenvalue weighted by molar-refractivity contribution is 0.0531. The summed E-state index contributed by atoms with van der Waals surface area (Å²) in [6.07, 6.45) is 0. The van der Waals surface area contributed by atoms with Crippen molar-refractivity contribution in [2.45, 2.75) is 20.4 Å². The topological polar surface area (TPSA) is 74.4 Å². The second-order valence-corrected chi connectivity index (χ2v) is 5.92. The second-order valence-electron chi connectivity index (χ2n) is 5.92. The SMILES string of the molecule is Cc1cc(C)c2cc(CNC(=O)N3CCOCC3)c(=O)[nH]c2c1. The van der Waals surface area contributed by atoms with Crippen LogP contribution in [0.4, 0.5) is 4.79 Å². The van der Waals surface area contributed by atoms with E-state index in [2.05, 4.69) is 16.4 Å². The molecule has 122 valence electrons. The lowest BCUT2D eigenvalue weighted by Crippen LogP contribution is -2.46. The van der Waals surface area contributed by atoms with Crippen molar-refractivity contribution in [3.05, 3.63) is 45.2 Å². The molecule has 1 aromatic heterocycles. The minimum atomic E-state index is -0.162. The van der Waals surface area contributed by atoms with E-state index in [4.69, 9.17) is 4.74 Å². The number of aromatic amines is 1. The molecule has 0 unspecified atom stereocenters. The lowest BCUT2D eigenvalue weighted by atomic mass is 10.0. The molecule has 2 N–H and O–H groups in total. The first-order chi connectivity index (χ1) is 11.0. The number of hydrogen-bond acceptors (Lipinski definition) is 3. The van der Waals surface area contributed by atoms with Crippen LogP contribution in [0, 0.1) is 13.8 Å². The number of urea groups is 1. The number of rotatable bonds is 2. The van der Waals surface area contributed by atoms with E-state index in [9.17, 15) is 9.59 Å². The summed E-state index contributed by atoms with van der Waals surface area (Å²) in [4.78, 5) is 28.9. The molecule has 1 aromatic carbocycles. The van der Waals surface area contributed by atoms with Crippen LogP contribution in [-0.4, -0.2) is 42.2 Å². The summed E-state index contributed by atoms with van der Waals surface area (Å²) in [7, 11) is 0. The Kier molecular flexibility index (Phi) is 4.34. The maximum atomic E-state index is 12.2. The fraction of sp³-hybridized carbons (Fsp3) is 0.412. The summed E-state index contributed by atoms with van der Waals surface area (Å²) in [6.45, 7) is 6.52. The Morgan fingerprint density at radius 1 is 1.26 bits per heavy atom. The maximum Gasteiger partial charge on any atom is 0.317 e. The first kappa shape index (κ1) is 15.6. The number of hydrogen-bond donors (Lipinski definition) is 2. The summed E-state index contributed by atoms with van der Waals surface area (Å²) in [6, 6.07) is 5.74. The molecule has 0 atom stereocenters. The normalized spacial score (nSPS) is 15.0. The highest BCUT2D eigenvalue weighted by molar-refractivity contribution is 5.83. The molecule has 2 aromatic rings. The summed E-state index contributed by atoms with van der Waals surface area (Å²) in [5.74, 6) is 0. The van der Waals surface area contributed by atoms with Crippen LogP contribution in [0.25, 0.3) is 10.9 Å². The van der Waals surface area contributed by atoms with Gasteiger partial charge in [-0.1, -0.05) is 6.07 Å². The van der Waals surface area contributed by atoms with Crippen molar-refractivity contribution in [2.24, 2.45) is 0 Å². The molecule has 1 aliphatic heterocycles. The Hall–Kier alpha value is -2.34. The third kappa shape index (κ3) is 3.37. The highest BCUT2D eigenvalue weighted by Gasteiger charge is 2.16. The van der Waals surface area contributed by atoms with Crippen LogP contribution < -0.4 is 10.9 Å². The van der Waals surface area contributed by atoms with Crippen molar-refractivity contribution in [3.8, 4) is 0 Å². The van der Waals surface area contributed by atoms with Crippen molar-refractivity contribution in [2.75, 3.05) is 26.3 Å². The van der Waals surface area contributed by atoms with Crippen molar-refractivity contribution in [3.63, 3.8) is 0 Å². The number of fused-ring (bicyclic) bond motifs is 1. The largest absolute Gasteiger partial charge is 0.378 e. The Morgan fingerprint density at radius 3 is 2.74 bits per heavy atom. The van der Waals surface area contributed by atoms with Gasteiger partial charge in [0, 0.05) is 36.1 Å². The van der Waals surface area contributed by atoms with Crippen LogP contribution in [0.15, 0.2) is 23.0 Å². The molecule has 1 fully saturated rings. The van der Waals surface area contributed by atoms with Crippen molar-refractivity contribution < 1.29 is 9.53 Å². The Balaban J connectivity index is 1.78. The van der Waals surface area contributed by atoms with Gasteiger partial charge in [-0.05, 0) is 37.1 Å². The van der Waals surface area contributed by atoms with E-state index < -0.39 is 0 Å². The number of ether oxygens (including phenoxy) is 1. The van der Waals surface area contributed by atoms with Gasteiger partial charge < -0.3 is 19.9 Å². The fourth-order valence-electron chi connectivity index (χ4n) is 2.90. The van der Waals surface area contributed by atoms with Crippen molar-refractivity contribution in [1.29, 1.82) is 0 Å². The van der Waals surface area contributed by atoms with Gasteiger partial charge >= 0.3 is 6.03 Å². The van der Waals surface area contributed by atoms with E-state index in [-0.39, 0.29) is 18.1 Å². The zero-order valence-electron chi connectivity index (χ0n) is 13.4. The van der Waals surface area contributed by atoms with Gasteiger partial charge in [-0.25, -0.2) is 4.79 Å². The molecule has 0 bridgehead atoms. The van der Waals surface area contributed by atoms with Gasteiger partial charge in [-0.15, -0.1) is 0 Å². The maximum absolute atomic E-state index is 12.2. The highest BCUT2D eigenvalue weighted by atomic mass is 16.5. The van der Waals surface area contributed by atoms with Crippen molar-refractivity contribution >= 4 is 16.9 Å². The Labute approximate surface area is 134 Å². The Morgan fingerprint density at radius 2 is 2.00 bits per heavy atom. The third-order valence-electron chi connectivity index (χ3n) is 4.12. The number of carbonyl (C=O) groups is 1. The fourth-order valence-corrected chi connectivity index (χ4v) is 2.90. The van der Waals surface area contributed by atoms with Gasteiger partial charge in [0.2, 0.25) is 0 Å². The number of nitrogens with one attached hydrogen (secondary N) is 2. The van der Waals surface area contributed by atoms with E-state index in [1.54, 1.807) is 4.90 Å². The van der Waals surface area contributed by atoms with Gasteiger partial charge in [0.15, 0.2) is 0 Å². The number of nitrogens with zero attached hydrogens (tertiary/aromatic N) is 1. The number of benzene rings is 1. The molecule has 0 radical (unpaired) electrons. The van der Waals surface area contributed by atoms with Crippen LogP contribution in [0.1, 0.15) is 16.7 Å². The third-order valence-corrected chi connectivity index (χ3v) is 4.12. The second kappa shape index (κ2) is 6.42. The molecule has 6 nitrogen and oxygen atoms in total. The average Bonchev–Trinajstić information content (AvgIpc) is 2.53. The minimum Gasteiger partial charge on any atom is -0.378 e. The van der Waals surface area contributed by atoms with E-state index in [1.807, 2.05) is 26.0 Å². The van der Waals surface area contributed by atoms with E-state index in [0.717, 1.165) is 22.0 Å². The van der Waals surface area contributed by atoms with E-state index in [1.165, 1.54) is 0 Å². The lowest BCUT2D eigenvalue weighted by Gasteiger charge is -2.26. The predicted molar refractivity (Wildman–Crippen MR) is 88.7 cm³/mol. The number of morpholine rings is 1. The summed E-state index contributed by atoms with van der Waals surface area (Å²) >= 11 is 0. The van der Waals surface area contributed by atoms with Gasteiger partial charge in [0.1, 0.15) is 0 Å². The smallest absolute Gasteiger partial charge is 0.317 e. The molecule has 0 saturated carbocycles. The van der Waals surface area contributed by atoms with Crippen LogP contribution >= 0.6 is 0 Å². The zero-order chi connectivity index (χ0) is 16.4. The van der Waals surface area contributed by atoms with Gasteiger partial charge in [0.05, 0.1) is 13.2 Å². The van der Waals surface area contributed by atoms with Gasteiger partial charge in [-0.2, -0.15) is 0 Å². The number of amides is 2. The molecular weight excluding hydrogens is 294 g/mol. The molecule has 0 spiro atoms. The van der Waals surface area contributed by atoms with Crippen LogP contribution in [0.5, 0.6) is 0 Å². The average molecular weight is 315 g/mol. The van der Waals surface area contributed by atoms with Crippen LogP contribution in [0.2, 0.25) is 0 Å².